The van der Waals surface area contributed by atoms with E-state index in [1.165, 1.54) is 12.1 Å². The Labute approximate surface area is 228 Å². The number of fused-ring (bicyclic) bond motifs is 1. The maximum Gasteiger partial charge on any atom is 0.491 e. The molecule has 4 aliphatic rings. The molecule has 212 valence electrons. The average molecular weight is 546 g/mol. The molecule has 7 nitrogen and oxygen atoms in total. The smallest absolute Gasteiger partial charge is 0.479 e. The summed E-state index contributed by atoms with van der Waals surface area (Å²) in [5, 5.41) is 21.5. The molecule has 0 spiro atoms. The van der Waals surface area contributed by atoms with Crippen molar-refractivity contribution in [2.75, 3.05) is 6.61 Å². The number of aliphatic hydroxyl groups is 1. The van der Waals surface area contributed by atoms with Gasteiger partial charge in [-0.2, -0.15) is 0 Å². The standard InChI is InChI=1S/C29H37BF2O7/c1-6-27(4)12-22(39-23(33)14-37-21-10-18-17(9-19(21)31)13-38-30(18)36)28(5)15(2)7-8-29(16(3)26(27)35)11-20(32)24(34)25(28)29/h6,9-10,15-16,20,22,25-26,35-36H,1,7-8,11-14H2,2-5H3/t15-,16-,20-,22+,25-,26-,27+,28-,29-/m0/s1. The number of carbonyl (C=O) groups is 2. The molecule has 5 rings (SSSR count). The van der Waals surface area contributed by atoms with Gasteiger partial charge in [-0.3, -0.25) is 4.79 Å². The largest absolute Gasteiger partial charge is 0.491 e. The molecule has 0 aromatic heterocycles. The Kier molecular flexibility index (Phi) is 7.00. The molecular formula is C29H37BF2O7. The van der Waals surface area contributed by atoms with Crippen molar-refractivity contribution >= 4 is 24.3 Å². The molecule has 2 N–H and O–H groups in total. The molecule has 0 radical (unpaired) electrons. The molecule has 3 saturated carbocycles. The van der Waals surface area contributed by atoms with Gasteiger partial charge in [0, 0.05) is 16.7 Å². The van der Waals surface area contributed by atoms with E-state index in [1.54, 1.807) is 6.08 Å². The van der Waals surface area contributed by atoms with Crippen molar-refractivity contribution in [2.45, 2.75) is 78.4 Å². The highest BCUT2D eigenvalue weighted by Gasteiger charge is 2.70. The van der Waals surface area contributed by atoms with Crippen molar-refractivity contribution in [2.24, 2.45) is 34.0 Å². The van der Waals surface area contributed by atoms with Gasteiger partial charge in [-0.15, -0.1) is 6.58 Å². The number of rotatable bonds is 5. The van der Waals surface area contributed by atoms with Crippen LogP contribution in [0.1, 0.15) is 58.9 Å². The summed E-state index contributed by atoms with van der Waals surface area (Å²) in [6.45, 7) is 11.1. The highest BCUT2D eigenvalue weighted by atomic mass is 19.1. The number of hydrogen-bond acceptors (Lipinski definition) is 7. The molecule has 1 aliphatic heterocycles. The number of halogens is 2. The van der Waals surface area contributed by atoms with Crippen LogP contribution in [0.15, 0.2) is 24.8 Å². The zero-order chi connectivity index (χ0) is 28.5. The molecule has 0 unspecified atom stereocenters. The molecule has 10 heteroatoms. The minimum absolute atomic E-state index is 0.0429. The predicted octanol–water partition coefficient (Wildman–Crippen LogP) is 3.28. The molecule has 39 heavy (non-hydrogen) atoms. The third kappa shape index (κ3) is 4.16. The second-order valence-electron chi connectivity index (χ2n) is 12.6. The van der Waals surface area contributed by atoms with Gasteiger partial charge >= 0.3 is 13.1 Å². The Morgan fingerprint density at radius 3 is 2.72 bits per heavy atom. The van der Waals surface area contributed by atoms with Crippen LogP contribution in [0.5, 0.6) is 5.75 Å². The van der Waals surface area contributed by atoms with E-state index >= 15 is 4.39 Å². The topological polar surface area (TPSA) is 102 Å². The lowest BCUT2D eigenvalue weighted by atomic mass is 9.44. The molecule has 2 bridgehead atoms. The molecular weight excluding hydrogens is 509 g/mol. The molecule has 1 aromatic carbocycles. The van der Waals surface area contributed by atoms with Gasteiger partial charge in [-0.25, -0.2) is 13.6 Å². The lowest BCUT2D eigenvalue weighted by molar-refractivity contribution is -0.207. The second kappa shape index (κ2) is 9.66. The number of esters is 1. The summed E-state index contributed by atoms with van der Waals surface area (Å²) >= 11 is 0. The van der Waals surface area contributed by atoms with Gasteiger partial charge in [0.2, 0.25) is 0 Å². The van der Waals surface area contributed by atoms with Gasteiger partial charge in [-0.05, 0) is 66.1 Å². The normalized spacial score (nSPS) is 41.3. The number of ketones is 1. The maximum atomic E-state index is 15.2. The van der Waals surface area contributed by atoms with E-state index < -0.39 is 71.8 Å². The van der Waals surface area contributed by atoms with Gasteiger partial charge in [0.25, 0.3) is 0 Å². The second-order valence-corrected chi connectivity index (χ2v) is 12.6. The number of ether oxygens (including phenoxy) is 2. The fourth-order valence-electron chi connectivity index (χ4n) is 8.11. The van der Waals surface area contributed by atoms with Crippen molar-refractivity contribution in [1.29, 1.82) is 0 Å². The Morgan fingerprint density at radius 1 is 1.31 bits per heavy atom. The van der Waals surface area contributed by atoms with Crippen molar-refractivity contribution in [1.82, 2.24) is 0 Å². The SMILES string of the molecule is C=C[C@]1(C)C[C@@H](OC(=O)COc2cc3c(cc2F)COB3O)[C@@]2(C)[C@@H]3C(=O)[C@@H](F)C[C@@]3(CC[C@@H]2C)[C@@H](C)[C@@H]1O. The summed E-state index contributed by atoms with van der Waals surface area (Å²) in [4.78, 5) is 26.6. The summed E-state index contributed by atoms with van der Waals surface area (Å²) in [7, 11) is -1.20. The van der Waals surface area contributed by atoms with Gasteiger partial charge < -0.3 is 24.3 Å². The highest BCUT2D eigenvalue weighted by molar-refractivity contribution is 6.61. The lowest BCUT2D eigenvalue weighted by Crippen LogP contribution is -2.63. The molecule has 1 heterocycles. The van der Waals surface area contributed by atoms with Gasteiger partial charge in [0.05, 0.1) is 12.7 Å². The first-order chi connectivity index (χ1) is 18.3. The van der Waals surface area contributed by atoms with E-state index in [4.69, 9.17) is 14.1 Å². The summed E-state index contributed by atoms with van der Waals surface area (Å²) in [6, 6.07) is 2.50. The fourth-order valence-corrected chi connectivity index (χ4v) is 8.11. The van der Waals surface area contributed by atoms with Crippen LogP contribution in [-0.2, 0) is 25.6 Å². The van der Waals surface area contributed by atoms with Crippen LogP contribution in [0, 0.1) is 39.8 Å². The summed E-state index contributed by atoms with van der Waals surface area (Å²) < 4.78 is 46.4. The lowest BCUT2D eigenvalue weighted by Gasteiger charge is -2.61. The van der Waals surface area contributed by atoms with Crippen LogP contribution < -0.4 is 10.2 Å². The number of Topliss-reactive ketones (excluding diaryl/α,β-unsaturated/α-hetero) is 1. The van der Waals surface area contributed by atoms with E-state index in [9.17, 15) is 24.1 Å². The number of alkyl halides is 1. The minimum Gasteiger partial charge on any atom is -0.479 e. The van der Waals surface area contributed by atoms with Gasteiger partial charge in [0.15, 0.2) is 30.1 Å². The van der Waals surface area contributed by atoms with Crippen molar-refractivity contribution in [3.63, 3.8) is 0 Å². The Morgan fingerprint density at radius 2 is 2.03 bits per heavy atom. The van der Waals surface area contributed by atoms with Crippen LogP contribution in [0.25, 0.3) is 0 Å². The van der Waals surface area contributed by atoms with Crippen LogP contribution in [0.2, 0.25) is 0 Å². The number of benzene rings is 1. The molecule has 3 aliphatic carbocycles. The predicted molar refractivity (Wildman–Crippen MR) is 139 cm³/mol. The zero-order valence-electron chi connectivity index (χ0n) is 22.9. The van der Waals surface area contributed by atoms with Crippen LogP contribution in [0.4, 0.5) is 8.78 Å². The van der Waals surface area contributed by atoms with Gasteiger partial charge in [-0.1, -0.05) is 33.8 Å². The summed E-state index contributed by atoms with van der Waals surface area (Å²) in [5.74, 6) is -3.36. The monoisotopic (exact) mass is 546 g/mol. The van der Waals surface area contributed by atoms with Crippen LogP contribution in [-0.4, -0.2) is 54.0 Å². The third-order valence-electron chi connectivity index (χ3n) is 10.8. The van der Waals surface area contributed by atoms with E-state index in [1.807, 2.05) is 27.7 Å². The quantitative estimate of drug-likeness (QED) is 0.332. The maximum absolute atomic E-state index is 15.2. The van der Waals surface area contributed by atoms with Crippen LogP contribution in [0.3, 0.4) is 0 Å². The Balaban J connectivity index is 1.46. The van der Waals surface area contributed by atoms with E-state index in [-0.39, 0.29) is 37.0 Å². The van der Waals surface area contributed by atoms with Gasteiger partial charge in [0.1, 0.15) is 6.10 Å². The van der Waals surface area contributed by atoms with Crippen LogP contribution >= 0.6 is 0 Å². The molecule has 1 aromatic rings. The molecule has 3 fully saturated rings. The average Bonchev–Trinajstić information content (AvgIpc) is 3.39. The molecule has 0 saturated heterocycles. The van der Waals surface area contributed by atoms with E-state index in [2.05, 4.69) is 6.58 Å². The number of aliphatic hydroxyl groups excluding tert-OH is 1. The van der Waals surface area contributed by atoms with Crippen molar-refractivity contribution in [3.8, 4) is 5.75 Å². The van der Waals surface area contributed by atoms with Crippen molar-refractivity contribution in [3.05, 3.63) is 36.2 Å². The molecule has 0 amide bonds. The number of hydrogen-bond donors (Lipinski definition) is 2. The van der Waals surface area contributed by atoms with Crippen molar-refractivity contribution < 1.29 is 42.6 Å². The Bertz CT molecular complexity index is 1190. The highest BCUT2D eigenvalue weighted by Crippen LogP contribution is 2.68. The number of carbonyl (C=O) groups excluding carboxylic acids is 2. The van der Waals surface area contributed by atoms with E-state index in [0.717, 1.165) is 0 Å². The first-order valence-electron chi connectivity index (χ1n) is 13.7. The summed E-state index contributed by atoms with van der Waals surface area (Å²) in [6.07, 6.45) is -0.239. The zero-order valence-corrected chi connectivity index (χ0v) is 22.9. The first kappa shape index (κ1) is 28.2. The fraction of sp³-hybridized carbons (Fsp3) is 0.655. The minimum atomic E-state index is -1.64. The summed E-state index contributed by atoms with van der Waals surface area (Å²) in [5.41, 5.74) is -1.67. The Hall–Kier alpha value is -2.30. The molecule has 9 atom stereocenters. The first-order valence-corrected chi connectivity index (χ1v) is 13.7. The van der Waals surface area contributed by atoms with E-state index in [0.29, 0.717) is 23.9 Å². The third-order valence-corrected chi connectivity index (χ3v) is 10.8.